The van der Waals surface area contributed by atoms with Crippen molar-refractivity contribution in [3.8, 4) is 0 Å². The lowest BCUT2D eigenvalue weighted by Gasteiger charge is -2.32. The molecule has 0 unspecified atom stereocenters. The highest BCUT2D eigenvalue weighted by molar-refractivity contribution is 6.08. The van der Waals surface area contributed by atoms with Crippen molar-refractivity contribution in [3.05, 3.63) is 30.2 Å². The summed E-state index contributed by atoms with van der Waals surface area (Å²) in [5.41, 5.74) is 8.70. The van der Waals surface area contributed by atoms with Gasteiger partial charge in [0.15, 0.2) is 17.9 Å². The Morgan fingerprint density at radius 3 is 2.73 bits per heavy atom. The molecular weight excluding hydrogens is 349 g/mol. The summed E-state index contributed by atoms with van der Waals surface area (Å²) in [6.45, 7) is 3.70. The third-order valence-electron chi connectivity index (χ3n) is 4.57. The number of fused-ring (bicyclic) bond motifs is 1. The molecule has 11 heteroatoms. The molecular formula is C15H18FN5O5. The fraction of sp³-hybridized carbons (Fsp3) is 0.400. The second-order valence-electron chi connectivity index (χ2n) is 6.19. The van der Waals surface area contributed by atoms with Crippen molar-refractivity contribution >= 4 is 22.8 Å². The number of carbonyl (C=O) groups excluding carboxylic acids is 1. The van der Waals surface area contributed by atoms with Gasteiger partial charge in [-0.1, -0.05) is 6.58 Å². The molecule has 1 fully saturated rings. The van der Waals surface area contributed by atoms with E-state index in [9.17, 15) is 24.5 Å². The monoisotopic (exact) mass is 367 g/mol. The standard InChI is InChI=1S/C15H18FN5O5/c1-6(2)15(25)12(24)14(16,4-22)26-13(15)21-3-7(10(18)23)8-9(17)19-5-20-11(8)21/h3,5,12-13,22,24-25H,1,4H2,2H3,(H2,18,23)(H2,17,19,20)/t12-,13-,14-,15-/m1/s1. The van der Waals surface area contributed by atoms with Gasteiger partial charge in [0.25, 0.3) is 11.8 Å². The van der Waals surface area contributed by atoms with Crippen molar-refractivity contribution in [2.24, 2.45) is 5.73 Å². The van der Waals surface area contributed by atoms with E-state index >= 15 is 0 Å². The average Bonchev–Trinajstić information content (AvgIpc) is 3.07. The van der Waals surface area contributed by atoms with E-state index in [-0.39, 0.29) is 28.0 Å². The molecule has 1 amide bonds. The number of carbonyl (C=O) groups is 1. The summed E-state index contributed by atoms with van der Waals surface area (Å²) in [6.07, 6.45) is -1.51. The Labute approximate surface area is 146 Å². The molecule has 0 aromatic carbocycles. The molecule has 10 nitrogen and oxygen atoms in total. The van der Waals surface area contributed by atoms with Crippen molar-refractivity contribution in [1.29, 1.82) is 0 Å². The number of rotatable bonds is 4. The van der Waals surface area contributed by atoms with Crippen LogP contribution in [0.1, 0.15) is 23.5 Å². The predicted octanol–water partition coefficient (Wildman–Crippen LogP) is -1.03. The number of nitrogens with two attached hydrogens (primary N) is 2. The summed E-state index contributed by atoms with van der Waals surface area (Å²) in [5, 5.41) is 30.6. The molecule has 0 aliphatic carbocycles. The number of amides is 1. The molecule has 7 N–H and O–H groups in total. The number of halogens is 1. The van der Waals surface area contributed by atoms with Gasteiger partial charge in [-0.2, -0.15) is 0 Å². The first-order chi connectivity index (χ1) is 12.1. The molecule has 1 saturated heterocycles. The summed E-state index contributed by atoms with van der Waals surface area (Å²) in [7, 11) is 0. The van der Waals surface area contributed by atoms with Gasteiger partial charge < -0.3 is 36.1 Å². The van der Waals surface area contributed by atoms with Crippen molar-refractivity contribution in [1.82, 2.24) is 14.5 Å². The Kier molecular flexibility index (Phi) is 3.99. The first kappa shape index (κ1) is 18.2. The molecule has 1 aliphatic rings. The SMILES string of the molecule is C=C(C)[C@]1(O)[C@H](n2cc(C(N)=O)c3c(N)ncnc32)O[C@](F)(CO)[C@H]1O. The maximum atomic E-state index is 14.8. The second-order valence-corrected chi connectivity index (χ2v) is 6.19. The molecule has 2 aromatic rings. The zero-order valence-electron chi connectivity index (χ0n) is 13.8. The molecule has 3 heterocycles. The summed E-state index contributed by atoms with van der Waals surface area (Å²) >= 11 is 0. The number of ether oxygens (including phenoxy) is 1. The molecule has 1 aliphatic heterocycles. The van der Waals surface area contributed by atoms with Crippen LogP contribution in [0.5, 0.6) is 0 Å². The van der Waals surface area contributed by atoms with Gasteiger partial charge in [0, 0.05) is 6.20 Å². The first-order valence-electron chi connectivity index (χ1n) is 7.52. The highest BCUT2D eigenvalue weighted by atomic mass is 19.2. The lowest BCUT2D eigenvalue weighted by Crippen LogP contribution is -2.51. The van der Waals surface area contributed by atoms with Crippen molar-refractivity contribution < 1.29 is 29.2 Å². The number of primary amides is 1. The Hall–Kier alpha value is -2.60. The van der Waals surface area contributed by atoms with E-state index in [4.69, 9.17) is 16.2 Å². The first-order valence-corrected chi connectivity index (χ1v) is 7.52. The molecule has 0 spiro atoms. The van der Waals surface area contributed by atoms with Gasteiger partial charge in [-0.25, -0.2) is 14.4 Å². The minimum Gasteiger partial charge on any atom is -0.390 e. The average molecular weight is 367 g/mol. The number of nitrogens with zero attached hydrogens (tertiary/aromatic N) is 3. The Balaban J connectivity index is 2.30. The van der Waals surface area contributed by atoms with Gasteiger partial charge in [-0.3, -0.25) is 4.79 Å². The van der Waals surface area contributed by atoms with Gasteiger partial charge in [0.1, 0.15) is 24.4 Å². The van der Waals surface area contributed by atoms with E-state index in [1.54, 1.807) is 0 Å². The molecule has 0 saturated carbocycles. The molecule has 0 bridgehead atoms. The highest BCUT2D eigenvalue weighted by Crippen LogP contribution is 2.49. The second kappa shape index (κ2) is 5.71. The third-order valence-corrected chi connectivity index (χ3v) is 4.57. The van der Waals surface area contributed by atoms with E-state index in [1.165, 1.54) is 6.92 Å². The summed E-state index contributed by atoms with van der Waals surface area (Å²) in [6, 6.07) is 0. The van der Waals surface area contributed by atoms with Gasteiger partial charge in [0.2, 0.25) is 0 Å². The molecule has 3 rings (SSSR count). The fourth-order valence-electron chi connectivity index (χ4n) is 3.11. The number of anilines is 1. The van der Waals surface area contributed by atoms with Crippen LogP contribution >= 0.6 is 0 Å². The summed E-state index contributed by atoms with van der Waals surface area (Å²) in [4.78, 5) is 19.5. The molecule has 140 valence electrons. The quantitative estimate of drug-likeness (QED) is 0.427. The van der Waals surface area contributed by atoms with Crippen molar-refractivity contribution in [3.63, 3.8) is 0 Å². The molecule has 4 atom stereocenters. The van der Waals surface area contributed by atoms with Crippen molar-refractivity contribution in [2.75, 3.05) is 12.3 Å². The molecule has 26 heavy (non-hydrogen) atoms. The van der Waals surface area contributed by atoms with E-state index in [0.29, 0.717) is 0 Å². The predicted molar refractivity (Wildman–Crippen MR) is 87.3 cm³/mol. The van der Waals surface area contributed by atoms with Gasteiger partial charge in [0.05, 0.1) is 10.9 Å². The number of aromatic nitrogens is 3. The highest BCUT2D eigenvalue weighted by Gasteiger charge is 2.65. The largest absolute Gasteiger partial charge is 0.390 e. The van der Waals surface area contributed by atoms with E-state index in [2.05, 4.69) is 16.5 Å². The summed E-state index contributed by atoms with van der Waals surface area (Å²) < 4.78 is 21.0. The van der Waals surface area contributed by atoms with E-state index in [1.807, 2.05) is 0 Å². The zero-order chi connectivity index (χ0) is 19.4. The topological polar surface area (TPSA) is 170 Å². The van der Waals surface area contributed by atoms with Gasteiger partial charge >= 0.3 is 0 Å². The molecule has 0 radical (unpaired) electrons. The number of alkyl halides is 1. The Morgan fingerprint density at radius 1 is 1.54 bits per heavy atom. The zero-order valence-corrected chi connectivity index (χ0v) is 13.8. The minimum absolute atomic E-state index is 0.0189. The van der Waals surface area contributed by atoms with Crippen LogP contribution in [0.25, 0.3) is 11.0 Å². The Bertz CT molecular complexity index is 917. The van der Waals surface area contributed by atoms with Gasteiger partial charge in [-0.05, 0) is 12.5 Å². The van der Waals surface area contributed by atoms with Gasteiger partial charge in [-0.15, -0.1) is 0 Å². The van der Waals surface area contributed by atoms with Crippen LogP contribution in [0.4, 0.5) is 10.2 Å². The van der Waals surface area contributed by atoms with Crippen LogP contribution in [0.15, 0.2) is 24.7 Å². The van der Waals surface area contributed by atoms with Crippen LogP contribution in [0.2, 0.25) is 0 Å². The number of aliphatic hydroxyl groups is 3. The number of hydrogen-bond donors (Lipinski definition) is 5. The Morgan fingerprint density at radius 2 is 2.19 bits per heavy atom. The summed E-state index contributed by atoms with van der Waals surface area (Å²) in [5.74, 6) is -3.89. The fourth-order valence-corrected chi connectivity index (χ4v) is 3.11. The lowest BCUT2D eigenvalue weighted by atomic mass is 9.87. The number of nitrogen functional groups attached to an aromatic ring is 1. The van der Waals surface area contributed by atoms with Crippen molar-refractivity contribution in [2.45, 2.75) is 30.7 Å². The third kappa shape index (κ3) is 2.22. The molecule has 2 aromatic heterocycles. The maximum absolute atomic E-state index is 14.8. The number of aliphatic hydroxyl groups excluding tert-OH is 2. The van der Waals surface area contributed by atoms with Crippen LogP contribution in [0, 0.1) is 0 Å². The van der Waals surface area contributed by atoms with Crippen LogP contribution in [-0.2, 0) is 4.74 Å². The maximum Gasteiger partial charge on any atom is 0.263 e. The normalized spacial score (nSPS) is 31.4. The van der Waals surface area contributed by atoms with Crippen LogP contribution in [-0.4, -0.2) is 59.9 Å². The minimum atomic E-state index is -2.97. The van der Waals surface area contributed by atoms with Crippen LogP contribution in [0.3, 0.4) is 0 Å². The van der Waals surface area contributed by atoms with E-state index in [0.717, 1.165) is 17.1 Å². The van der Waals surface area contributed by atoms with Crippen LogP contribution < -0.4 is 11.5 Å². The van der Waals surface area contributed by atoms with E-state index < -0.39 is 36.3 Å². The number of hydrogen-bond acceptors (Lipinski definition) is 8. The lowest BCUT2D eigenvalue weighted by molar-refractivity contribution is -0.206. The smallest absolute Gasteiger partial charge is 0.263 e.